The fourth-order valence-electron chi connectivity index (χ4n) is 2.76. The molecule has 1 aliphatic rings. The van der Waals surface area contributed by atoms with E-state index in [-0.39, 0.29) is 5.91 Å². The van der Waals surface area contributed by atoms with Gasteiger partial charge >= 0.3 is 0 Å². The van der Waals surface area contributed by atoms with Crippen LogP contribution in [-0.4, -0.2) is 44.3 Å². The van der Waals surface area contributed by atoms with E-state index in [1.54, 1.807) is 25.2 Å². The lowest BCUT2D eigenvalue weighted by atomic mass is 10.2. The van der Waals surface area contributed by atoms with Gasteiger partial charge < -0.3 is 14.2 Å². The molecule has 0 atom stereocenters. The zero-order valence-corrected chi connectivity index (χ0v) is 17.6. The molecule has 0 aliphatic carbocycles. The van der Waals surface area contributed by atoms with Gasteiger partial charge in [-0.1, -0.05) is 30.0 Å². The number of benzene rings is 2. The zero-order valence-electron chi connectivity index (χ0n) is 16.8. The molecular formula is C22H24N2O4S. The molecule has 3 rings (SSSR count). The highest BCUT2D eigenvalue weighted by Gasteiger charge is 2.32. The Hall–Kier alpha value is -2.77. The van der Waals surface area contributed by atoms with E-state index >= 15 is 0 Å². The molecule has 2 aromatic rings. The van der Waals surface area contributed by atoms with Crippen LogP contribution in [-0.2, 0) is 9.53 Å². The largest absolute Gasteiger partial charge is 0.497 e. The van der Waals surface area contributed by atoms with Crippen LogP contribution in [0.25, 0.3) is 6.08 Å². The molecular weight excluding hydrogens is 388 g/mol. The number of ether oxygens (including phenoxy) is 3. The van der Waals surface area contributed by atoms with Crippen molar-refractivity contribution in [2.24, 2.45) is 4.99 Å². The molecule has 0 N–H and O–H groups in total. The Labute approximate surface area is 175 Å². The lowest BCUT2D eigenvalue weighted by Gasteiger charge is -2.18. The summed E-state index contributed by atoms with van der Waals surface area (Å²) in [5, 5.41) is 0.628. The van der Waals surface area contributed by atoms with Crippen molar-refractivity contribution in [3.63, 3.8) is 0 Å². The number of carbonyl (C=O) groups is 1. The number of hydrogen-bond donors (Lipinski definition) is 0. The summed E-state index contributed by atoms with van der Waals surface area (Å²) in [5.41, 5.74) is 1.98. The van der Waals surface area contributed by atoms with Crippen LogP contribution in [0.15, 0.2) is 59.2 Å². The molecule has 7 heteroatoms. The topological polar surface area (TPSA) is 60.4 Å². The highest BCUT2D eigenvalue weighted by molar-refractivity contribution is 8.14. The smallest absolute Gasteiger partial charge is 0.283 e. The second kappa shape index (κ2) is 10.1. The molecule has 0 aromatic heterocycles. The molecule has 0 spiro atoms. The first kappa shape index (κ1) is 21.0. The predicted octanol–water partition coefficient (Wildman–Crippen LogP) is 4.22. The van der Waals surface area contributed by atoms with E-state index in [1.165, 1.54) is 11.8 Å². The minimum absolute atomic E-state index is 0.173. The number of amidine groups is 1. The fraction of sp³-hybridized carbons (Fsp3) is 0.273. The van der Waals surface area contributed by atoms with Gasteiger partial charge in [-0.05, 0) is 42.8 Å². The van der Waals surface area contributed by atoms with Crippen LogP contribution >= 0.6 is 11.8 Å². The average molecular weight is 413 g/mol. The number of methoxy groups -OCH3 is 2. The average Bonchev–Trinajstić information content (AvgIpc) is 3.06. The molecule has 1 amide bonds. The lowest BCUT2D eigenvalue weighted by molar-refractivity contribution is -0.113. The first-order valence-corrected chi connectivity index (χ1v) is 10.3. The summed E-state index contributed by atoms with van der Waals surface area (Å²) in [6.45, 7) is 3.21. The zero-order chi connectivity index (χ0) is 20.6. The SMILES string of the molecule is CCOCCSC1=NC(=Cc2ccc(OC)cc2)C(=O)N1c1cccc(OC)c1. The number of carbonyl (C=O) groups excluding carboxylic acids is 1. The van der Waals surface area contributed by atoms with E-state index in [4.69, 9.17) is 14.2 Å². The predicted molar refractivity (Wildman–Crippen MR) is 118 cm³/mol. The van der Waals surface area contributed by atoms with Gasteiger partial charge in [0.25, 0.3) is 5.91 Å². The maximum atomic E-state index is 13.2. The molecule has 2 aromatic carbocycles. The maximum Gasteiger partial charge on any atom is 0.283 e. The third kappa shape index (κ3) is 5.19. The van der Waals surface area contributed by atoms with Gasteiger partial charge in [-0.25, -0.2) is 4.99 Å². The standard InChI is InChI=1S/C22H24N2O4S/c1-4-28-12-13-29-22-23-20(14-16-8-10-18(26-2)11-9-16)21(25)24(22)17-6-5-7-19(15-17)27-3/h5-11,14-15H,4,12-13H2,1-3H3. The van der Waals surface area contributed by atoms with Gasteiger partial charge in [-0.15, -0.1) is 0 Å². The first-order chi connectivity index (χ1) is 14.2. The third-order valence-corrected chi connectivity index (χ3v) is 5.13. The van der Waals surface area contributed by atoms with Crippen LogP contribution in [0, 0.1) is 0 Å². The Kier molecular flexibility index (Phi) is 7.32. The number of rotatable bonds is 8. The van der Waals surface area contributed by atoms with E-state index in [9.17, 15) is 4.79 Å². The molecule has 0 radical (unpaired) electrons. The van der Waals surface area contributed by atoms with Crippen molar-refractivity contribution in [3.8, 4) is 11.5 Å². The summed E-state index contributed by atoms with van der Waals surface area (Å²) in [7, 11) is 3.22. The summed E-state index contributed by atoms with van der Waals surface area (Å²) in [5.74, 6) is 1.98. The van der Waals surface area contributed by atoms with Crippen molar-refractivity contribution in [1.29, 1.82) is 0 Å². The molecule has 152 valence electrons. The van der Waals surface area contributed by atoms with Crippen LogP contribution < -0.4 is 14.4 Å². The Morgan fingerprint density at radius 2 is 1.83 bits per heavy atom. The minimum atomic E-state index is -0.173. The number of aliphatic imine (C=N–C) groups is 1. The van der Waals surface area contributed by atoms with Gasteiger partial charge in [0.15, 0.2) is 5.17 Å². The summed E-state index contributed by atoms with van der Waals surface area (Å²) >= 11 is 1.49. The second-order valence-corrected chi connectivity index (χ2v) is 7.15. The van der Waals surface area contributed by atoms with Crippen LogP contribution in [0.3, 0.4) is 0 Å². The van der Waals surface area contributed by atoms with Crippen molar-refractivity contribution in [1.82, 2.24) is 0 Å². The third-order valence-electron chi connectivity index (χ3n) is 4.22. The summed E-state index contributed by atoms with van der Waals surface area (Å²) in [6.07, 6.45) is 1.78. The second-order valence-electron chi connectivity index (χ2n) is 6.08. The molecule has 6 nitrogen and oxygen atoms in total. The molecule has 0 fully saturated rings. The van der Waals surface area contributed by atoms with Crippen LogP contribution in [0.4, 0.5) is 5.69 Å². The van der Waals surface area contributed by atoms with E-state index in [0.717, 1.165) is 17.0 Å². The van der Waals surface area contributed by atoms with E-state index in [1.807, 2.05) is 55.5 Å². The summed E-state index contributed by atoms with van der Waals surface area (Å²) < 4.78 is 15.9. The molecule has 0 saturated carbocycles. The number of amides is 1. The molecule has 0 unspecified atom stereocenters. The van der Waals surface area contributed by atoms with Crippen molar-refractivity contribution >= 4 is 34.6 Å². The Morgan fingerprint density at radius 1 is 1.07 bits per heavy atom. The number of hydrogen-bond acceptors (Lipinski definition) is 6. The van der Waals surface area contributed by atoms with Crippen LogP contribution in [0.1, 0.15) is 12.5 Å². The first-order valence-electron chi connectivity index (χ1n) is 9.29. The van der Waals surface area contributed by atoms with Crippen LogP contribution in [0.5, 0.6) is 11.5 Å². The van der Waals surface area contributed by atoms with Gasteiger partial charge in [0.2, 0.25) is 0 Å². The van der Waals surface area contributed by atoms with E-state index in [0.29, 0.717) is 35.6 Å². The van der Waals surface area contributed by atoms with Crippen molar-refractivity contribution in [2.45, 2.75) is 6.92 Å². The molecule has 0 bridgehead atoms. The molecule has 1 aliphatic heterocycles. The number of thioether (sulfide) groups is 1. The molecule has 1 heterocycles. The van der Waals surface area contributed by atoms with Gasteiger partial charge in [0.1, 0.15) is 17.2 Å². The van der Waals surface area contributed by atoms with Crippen molar-refractivity contribution < 1.29 is 19.0 Å². The normalized spacial score (nSPS) is 15.0. The van der Waals surface area contributed by atoms with Gasteiger partial charge in [0.05, 0.1) is 26.5 Å². The fourth-order valence-corrected chi connectivity index (χ4v) is 3.63. The van der Waals surface area contributed by atoms with Crippen LogP contribution in [0.2, 0.25) is 0 Å². The highest BCUT2D eigenvalue weighted by Crippen LogP contribution is 2.31. The Balaban J connectivity index is 1.90. The maximum absolute atomic E-state index is 13.2. The van der Waals surface area contributed by atoms with Crippen molar-refractivity contribution in [3.05, 3.63) is 59.8 Å². The Bertz CT molecular complexity index is 909. The number of anilines is 1. The van der Waals surface area contributed by atoms with Gasteiger partial charge in [0, 0.05) is 18.4 Å². The van der Waals surface area contributed by atoms with E-state index in [2.05, 4.69) is 4.99 Å². The van der Waals surface area contributed by atoms with Crippen molar-refractivity contribution in [2.75, 3.05) is 38.1 Å². The Morgan fingerprint density at radius 3 is 2.52 bits per heavy atom. The quantitative estimate of drug-likeness (QED) is 0.480. The summed E-state index contributed by atoms with van der Waals surface area (Å²) in [6, 6.07) is 14.9. The monoisotopic (exact) mass is 412 g/mol. The van der Waals surface area contributed by atoms with Gasteiger partial charge in [-0.3, -0.25) is 9.69 Å². The molecule has 0 saturated heterocycles. The minimum Gasteiger partial charge on any atom is -0.497 e. The van der Waals surface area contributed by atoms with E-state index < -0.39 is 0 Å². The number of nitrogens with zero attached hydrogens (tertiary/aromatic N) is 2. The molecule has 29 heavy (non-hydrogen) atoms. The lowest BCUT2D eigenvalue weighted by Crippen LogP contribution is -2.30. The van der Waals surface area contributed by atoms with Gasteiger partial charge in [-0.2, -0.15) is 0 Å². The summed E-state index contributed by atoms with van der Waals surface area (Å²) in [4.78, 5) is 19.4. The highest BCUT2D eigenvalue weighted by atomic mass is 32.2.